The molecule has 1 unspecified atom stereocenters. The van der Waals surface area contributed by atoms with Gasteiger partial charge in [-0.1, -0.05) is 23.2 Å². The smallest absolute Gasteiger partial charge is 0.271 e. The minimum absolute atomic E-state index is 0.0232. The number of aliphatic hydroxyl groups is 1. The molecule has 2 heterocycles. The highest BCUT2D eigenvalue weighted by atomic mass is 35.5. The van der Waals surface area contributed by atoms with Crippen LogP contribution in [-0.2, 0) is 0 Å². The normalized spacial score (nSPS) is 16.3. The summed E-state index contributed by atoms with van der Waals surface area (Å²) in [6.45, 7) is 3.11. The van der Waals surface area contributed by atoms with Crippen molar-refractivity contribution in [1.82, 2.24) is 10.3 Å². The number of benzene rings is 1. The summed E-state index contributed by atoms with van der Waals surface area (Å²) in [4.78, 5) is 18.6. The fourth-order valence-electron chi connectivity index (χ4n) is 3.19. The molecule has 27 heavy (non-hydrogen) atoms. The SMILES string of the molecule is CC(NC(=O)c1nc(Cl)ccc1Cl)c1cc(F)ccc1N1CCC(O)CC1. The number of aliphatic hydroxyl groups excluding tert-OH is 1. The first-order chi connectivity index (χ1) is 12.8. The Morgan fingerprint density at radius 2 is 2.00 bits per heavy atom. The topological polar surface area (TPSA) is 65.5 Å². The van der Waals surface area contributed by atoms with Crippen molar-refractivity contribution in [3.63, 3.8) is 0 Å². The minimum Gasteiger partial charge on any atom is -0.393 e. The molecule has 1 saturated heterocycles. The number of amides is 1. The Kier molecular flexibility index (Phi) is 6.19. The standard InChI is InChI=1S/C19H20Cl2FN3O2/c1-11(23-19(27)18-15(20)3-5-17(21)24-18)14-10-12(22)2-4-16(14)25-8-6-13(26)7-9-25/h2-5,10-11,13,26H,6-9H2,1H3,(H,23,27). The summed E-state index contributed by atoms with van der Waals surface area (Å²) in [5.41, 5.74) is 1.51. The van der Waals surface area contributed by atoms with E-state index in [-0.39, 0.29) is 27.8 Å². The number of halogens is 3. The molecular formula is C19H20Cl2FN3O2. The van der Waals surface area contributed by atoms with Crippen LogP contribution in [-0.4, -0.2) is 35.2 Å². The van der Waals surface area contributed by atoms with Crippen LogP contribution in [0.5, 0.6) is 0 Å². The summed E-state index contributed by atoms with van der Waals surface area (Å²) < 4.78 is 13.9. The van der Waals surface area contributed by atoms with Gasteiger partial charge in [-0.2, -0.15) is 0 Å². The van der Waals surface area contributed by atoms with E-state index in [0.29, 0.717) is 31.5 Å². The number of piperidine rings is 1. The number of aromatic nitrogens is 1. The maximum absolute atomic E-state index is 13.9. The van der Waals surface area contributed by atoms with E-state index in [2.05, 4.69) is 15.2 Å². The van der Waals surface area contributed by atoms with Crippen molar-refractivity contribution in [2.45, 2.75) is 31.9 Å². The lowest BCUT2D eigenvalue weighted by Gasteiger charge is -2.34. The van der Waals surface area contributed by atoms with Crippen LogP contribution >= 0.6 is 23.2 Å². The Labute approximate surface area is 167 Å². The third-order valence-corrected chi connectivity index (χ3v) is 5.15. The largest absolute Gasteiger partial charge is 0.393 e. The Morgan fingerprint density at radius 3 is 2.70 bits per heavy atom. The minimum atomic E-state index is -0.487. The number of hydrogen-bond donors (Lipinski definition) is 2. The summed E-state index contributed by atoms with van der Waals surface area (Å²) in [7, 11) is 0. The van der Waals surface area contributed by atoms with Crippen LogP contribution in [0, 0.1) is 5.82 Å². The van der Waals surface area contributed by atoms with Crippen LogP contribution in [0.4, 0.5) is 10.1 Å². The average Bonchev–Trinajstić information content (AvgIpc) is 2.64. The van der Waals surface area contributed by atoms with Crippen molar-refractivity contribution < 1.29 is 14.3 Å². The Hall–Kier alpha value is -1.89. The lowest BCUT2D eigenvalue weighted by molar-refractivity contribution is 0.0935. The second kappa shape index (κ2) is 8.42. The fraction of sp³-hybridized carbons (Fsp3) is 0.368. The molecule has 1 fully saturated rings. The zero-order valence-corrected chi connectivity index (χ0v) is 16.3. The highest BCUT2D eigenvalue weighted by Crippen LogP contribution is 2.30. The molecule has 0 radical (unpaired) electrons. The third-order valence-electron chi connectivity index (χ3n) is 4.64. The van der Waals surface area contributed by atoms with E-state index in [1.165, 1.54) is 24.3 Å². The monoisotopic (exact) mass is 411 g/mol. The van der Waals surface area contributed by atoms with E-state index in [0.717, 1.165) is 5.69 Å². The summed E-state index contributed by atoms with van der Waals surface area (Å²) in [5, 5.41) is 12.9. The number of rotatable bonds is 4. The van der Waals surface area contributed by atoms with Crippen molar-refractivity contribution in [3.05, 3.63) is 57.6 Å². The average molecular weight is 412 g/mol. The summed E-state index contributed by atoms with van der Waals surface area (Å²) in [5.74, 6) is -0.870. The molecule has 1 atom stereocenters. The first kappa shape index (κ1) is 19.9. The quantitative estimate of drug-likeness (QED) is 0.746. The second-order valence-electron chi connectivity index (χ2n) is 6.58. The van der Waals surface area contributed by atoms with Crippen molar-refractivity contribution in [1.29, 1.82) is 0 Å². The van der Waals surface area contributed by atoms with Gasteiger partial charge in [-0.3, -0.25) is 4.79 Å². The first-order valence-electron chi connectivity index (χ1n) is 8.70. The molecule has 2 aromatic rings. The van der Waals surface area contributed by atoms with Gasteiger partial charge in [0.1, 0.15) is 16.7 Å². The highest BCUT2D eigenvalue weighted by Gasteiger charge is 2.23. The molecule has 2 N–H and O–H groups in total. The van der Waals surface area contributed by atoms with Crippen LogP contribution in [0.25, 0.3) is 0 Å². The molecule has 3 rings (SSSR count). The molecule has 1 aromatic carbocycles. The van der Waals surface area contributed by atoms with Crippen molar-refractivity contribution >= 4 is 34.8 Å². The van der Waals surface area contributed by atoms with Gasteiger partial charge < -0.3 is 15.3 Å². The van der Waals surface area contributed by atoms with Gasteiger partial charge in [0, 0.05) is 24.3 Å². The number of nitrogens with zero attached hydrogens (tertiary/aromatic N) is 2. The van der Waals surface area contributed by atoms with Gasteiger partial charge in [0.05, 0.1) is 17.2 Å². The molecule has 0 spiro atoms. The number of anilines is 1. The molecule has 0 saturated carbocycles. The Bertz CT molecular complexity index is 842. The molecule has 8 heteroatoms. The molecule has 1 aromatic heterocycles. The second-order valence-corrected chi connectivity index (χ2v) is 7.38. The number of carbonyl (C=O) groups excluding carboxylic acids is 1. The molecule has 0 aliphatic carbocycles. The predicted molar refractivity (Wildman–Crippen MR) is 104 cm³/mol. The van der Waals surface area contributed by atoms with Gasteiger partial charge in [-0.15, -0.1) is 0 Å². The molecule has 144 valence electrons. The van der Waals surface area contributed by atoms with E-state index in [4.69, 9.17) is 23.2 Å². The van der Waals surface area contributed by atoms with Crippen LogP contribution in [0.2, 0.25) is 10.2 Å². The van der Waals surface area contributed by atoms with E-state index < -0.39 is 11.9 Å². The van der Waals surface area contributed by atoms with Gasteiger partial charge in [-0.25, -0.2) is 9.37 Å². The lowest BCUT2D eigenvalue weighted by atomic mass is 10.0. The first-order valence-corrected chi connectivity index (χ1v) is 9.46. The molecule has 1 amide bonds. The molecule has 1 aliphatic rings. The number of pyridine rings is 1. The van der Waals surface area contributed by atoms with Crippen molar-refractivity contribution in [2.75, 3.05) is 18.0 Å². The van der Waals surface area contributed by atoms with Crippen LogP contribution < -0.4 is 10.2 Å². The van der Waals surface area contributed by atoms with Crippen molar-refractivity contribution in [2.24, 2.45) is 0 Å². The van der Waals surface area contributed by atoms with Gasteiger partial charge in [0.2, 0.25) is 0 Å². The maximum atomic E-state index is 13.9. The zero-order valence-electron chi connectivity index (χ0n) is 14.8. The molecule has 5 nitrogen and oxygen atoms in total. The summed E-state index contributed by atoms with van der Waals surface area (Å²) >= 11 is 11.9. The number of carbonyl (C=O) groups is 1. The van der Waals surface area contributed by atoms with Gasteiger partial charge in [0.15, 0.2) is 0 Å². The van der Waals surface area contributed by atoms with Gasteiger partial charge >= 0.3 is 0 Å². The molecule has 0 bridgehead atoms. The zero-order chi connectivity index (χ0) is 19.6. The van der Waals surface area contributed by atoms with Crippen LogP contribution in [0.3, 0.4) is 0 Å². The summed E-state index contributed by atoms with van der Waals surface area (Å²) in [6.07, 6.45) is 0.998. The van der Waals surface area contributed by atoms with E-state index >= 15 is 0 Å². The van der Waals surface area contributed by atoms with Gasteiger partial charge in [-0.05, 0) is 50.1 Å². The molecule has 1 aliphatic heterocycles. The fourth-order valence-corrected chi connectivity index (χ4v) is 3.53. The maximum Gasteiger partial charge on any atom is 0.271 e. The highest BCUT2D eigenvalue weighted by molar-refractivity contribution is 6.34. The van der Waals surface area contributed by atoms with E-state index in [1.54, 1.807) is 13.0 Å². The Morgan fingerprint density at radius 1 is 1.30 bits per heavy atom. The number of nitrogens with one attached hydrogen (secondary N) is 1. The summed E-state index contributed by atoms with van der Waals surface area (Å²) in [6, 6.07) is 7.04. The number of hydrogen-bond acceptors (Lipinski definition) is 4. The lowest BCUT2D eigenvalue weighted by Crippen LogP contribution is -2.37. The van der Waals surface area contributed by atoms with E-state index in [1.807, 2.05) is 0 Å². The predicted octanol–water partition coefficient (Wildman–Crippen LogP) is 3.98. The van der Waals surface area contributed by atoms with Crippen LogP contribution in [0.15, 0.2) is 30.3 Å². The van der Waals surface area contributed by atoms with Crippen LogP contribution in [0.1, 0.15) is 41.9 Å². The third kappa shape index (κ3) is 4.69. The van der Waals surface area contributed by atoms with E-state index in [9.17, 15) is 14.3 Å². The van der Waals surface area contributed by atoms with Gasteiger partial charge in [0.25, 0.3) is 5.91 Å². The Balaban J connectivity index is 1.83. The van der Waals surface area contributed by atoms with Crippen molar-refractivity contribution in [3.8, 4) is 0 Å². The molecular weight excluding hydrogens is 392 g/mol.